The van der Waals surface area contributed by atoms with E-state index in [0.717, 1.165) is 19.0 Å². The Morgan fingerprint density at radius 1 is 1.24 bits per heavy atom. The molecule has 0 aliphatic heterocycles. The Kier molecular flexibility index (Phi) is 5.51. The highest BCUT2D eigenvalue weighted by molar-refractivity contribution is 5.22. The molecule has 17 heavy (non-hydrogen) atoms. The van der Waals surface area contributed by atoms with Crippen molar-refractivity contribution in [3.8, 4) is 0 Å². The molecule has 2 atom stereocenters. The van der Waals surface area contributed by atoms with Crippen molar-refractivity contribution in [2.45, 2.75) is 32.4 Å². The summed E-state index contributed by atoms with van der Waals surface area (Å²) >= 11 is 0. The number of ether oxygens (including phenoxy) is 1. The van der Waals surface area contributed by atoms with Crippen molar-refractivity contribution in [2.75, 3.05) is 13.7 Å². The average molecular weight is 243 g/mol. The monoisotopic (exact) mass is 243 g/mol. The number of rotatable bonds is 6. The zero-order chi connectivity index (χ0) is 12.8. The van der Waals surface area contributed by atoms with Crippen LogP contribution < -0.4 is 5.32 Å². The van der Waals surface area contributed by atoms with Gasteiger partial charge in [0, 0.05) is 7.11 Å². The van der Waals surface area contributed by atoms with Gasteiger partial charge in [0.15, 0.2) is 11.6 Å². The number of halogens is 2. The van der Waals surface area contributed by atoms with Crippen LogP contribution in [0, 0.1) is 11.6 Å². The van der Waals surface area contributed by atoms with E-state index >= 15 is 0 Å². The van der Waals surface area contributed by atoms with E-state index in [1.165, 1.54) is 6.07 Å². The van der Waals surface area contributed by atoms with Gasteiger partial charge < -0.3 is 10.1 Å². The molecule has 0 radical (unpaired) electrons. The minimum atomic E-state index is -0.825. The number of benzene rings is 1. The molecule has 2 nitrogen and oxygen atoms in total. The van der Waals surface area contributed by atoms with E-state index in [9.17, 15) is 8.78 Å². The average Bonchev–Trinajstić information content (AvgIpc) is 2.33. The van der Waals surface area contributed by atoms with E-state index < -0.39 is 11.6 Å². The van der Waals surface area contributed by atoms with Crippen LogP contribution >= 0.6 is 0 Å². The fourth-order valence-corrected chi connectivity index (χ4v) is 1.93. The molecule has 0 aromatic heterocycles. The molecule has 96 valence electrons. The van der Waals surface area contributed by atoms with Crippen molar-refractivity contribution in [3.05, 3.63) is 35.4 Å². The van der Waals surface area contributed by atoms with Crippen LogP contribution in [0.15, 0.2) is 18.2 Å². The lowest BCUT2D eigenvalue weighted by Gasteiger charge is -2.26. The van der Waals surface area contributed by atoms with Gasteiger partial charge in [0.1, 0.15) is 0 Å². The van der Waals surface area contributed by atoms with Crippen LogP contribution in [0.3, 0.4) is 0 Å². The molecule has 1 aromatic carbocycles. The van der Waals surface area contributed by atoms with E-state index in [4.69, 9.17) is 4.74 Å². The fourth-order valence-electron chi connectivity index (χ4n) is 1.93. The molecule has 0 spiro atoms. The number of hydrogen-bond donors (Lipinski definition) is 1. The van der Waals surface area contributed by atoms with Gasteiger partial charge in [-0.1, -0.05) is 19.9 Å². The van der Waals surface area contributed by atoms with Crippen LogP contribution in [0.5, 0.6) is 0 Å². The molecule has 0 saturated heterocycles. The van der Waals surface area contributed by atoms with Crippen LogP contribution in [0.4, 0.5) is 8.78 Å². The highest BCUT2D eigenvalue weighted by Crippen LogP contribution is 2.22. The molecule has 0 fully saturated rings. The van der Waals surface area contributed by atoms with Crippen molar-refractivity contribution in [1.82, 2.24) is 5.32 Å². The summed E-state index contributed by atoms with van der Waals surface area (Å²) in [7, 11) is 1.62. The van der Waals surface area contributed by atoms with Gasteiger partial charge in [-0.3, -0.25) is 0 Å². The predicted molar refractivity (Wildman–Crippen MR) is 63.9 cm³/mol. The first kappa shape index (κ1) is 14.1. The van der Waals surface area contributed by atoms with E-state index in [1.807, 2.05) is 13.8 Å². The predicted octanol–water partition coefficient (Wildman–Crippen LogP) is 3.04. The van der Waals surface area contributed by atoms with Crippen molar-refractivity contribution in [2.24, 2.45) is 0 Å². The van der Waals surface area contributed by atoms with Gasteiger partial charge in [-0.25, -0.2) is 8.78 Å². The summed E-state index contributed by atoms with van der Waals surface area (Å²) in [6.45, 7) is 4.71. The van der Waals surface area contributed by atoms with Crippen LogP contribution in [-0.2, 0) is 4.74 Å². The minimum absolute atomic E-state index is 0.0557. The lowest BCUT2D eigenvalue weighted by molar-refractivity contribution is 0.0654. The summed E-state index contributed by atoms with van der Waals surface area (Å²) in [5, 5.41) is 3.23. The summed E-state index contributed by atoms with van der Waals surface area (Å²) in [5.74, 6) is -1.65. The smallest absolute Gasteiger partial charge is 0.159 e. The first-order valence-corrected chi connectivity index (χ1v) is 5.85. The number of nitrogens with one attached hydrogen (secondary N) is 1. The van der Waals surface area contributed by atoms with Crippen LogP contribution in [0.1, 0.15) is 31.9 Å². The van der Waals surface area contributed by atoms with Gasteiger partial charge >= 0.3 is 0 Å². The maximum Gasteiger partial charge on any atom is 0.159 e. The molecule has 2 unspecified atom stereocenters. The second-order valence-electron chi connectivity index (χ2n) is 3.89. The van der Waals surface area contributed by atoms with Gasteiger partial charge in [-0.05, 0) is 30.7 Å². The van der Waals surface area contributed by atoms with E-state index in [2.05, 4.69) is 5.32 Å². The Bertz CT molecular complexity index is 353. The molecular formula is C13H19F2NO. The third-order valence-corrected chi connectivity index (χ3v) is 2.80. The van der Waals surface area contributed by atoms with Crippen molar-refractivity contribution >= 4 is 0 Å². The largest absolute Gasteiger partial charge is 0.379 e. The zero-order valence-electron chi connectivity index (χ0n) is 10.5. The summed E-state index contributed by atoms with van der Waals surface area (Å²) in [6.07, 6.45) is 0.743. The molecule has 0 saturated carbocycles. The normalized spacial score (nSPS) is 14.6. The summed E-state index contributed by atoms with van der Waals surface area (Å²) in [4.78, 5) is 0. The van der Waals surface area contributed by atoms with Crippen molar-refractivity contribution in [3.63, 3.8) is 0 Å². The maximum absolute atomic E-state index is 13.2. The van der Waals surface area contributed by atoms with Gasteiger partial charge in [0.25, 0.3) is 0 Å². The molecule has 1 aromatic rings. The third-order valence-electron chi connectivity index (χ3n) is 2.80. The SMILES string of the molecule is CCNC(c1ccc(F)c(F)c1)C(CC)OC. The minimum Gasteiger partial charge on any atom is -0.379 e. The number of likely N-dealkylation sites (N-methyl/N-ethyl adjacent to an activating group) is 1. The molecule has 0 aliphatic carbocycles. The first-order valence-electron chi connectivity index (χ1n) is 5.85. The quantitative estimate of drug-likeness (QED) is 0.829. The highest BCUT2D eigenvalue weighted by Gasteiger charge is 2.21. The fraction of sp³-hybridized carbons (Fsp3) is 0.538. The maximum atomic E-state index is 13.2. The molecule has 1 N–H and O–H groups in total. The Balaban J connectivity index is 2.99. The van der Waals surface area contributed by atoms with Crippen LogP contribution in [-0.4, -0.2) is 19.8 Å². The third kappa shape index (κ3) is 3.48. The highest BCUT2D eigenvalue weighted by atomic mass is 19.2. The van der Waals surface area contributed by atoms with Gasteiger partial charge in [0.2, 0.25) is 0 Å². The Hall–Kier alpha value is -1.00. The topological polar surface area (TPSA) is 21.3 Å². The van der Waals surface area contributed by atoms with Gasteiger partial charge in [-0.2, -0.15) is 0 Å². The molecule has 0 aliphatic rings. The molecule has 1 rings (SSSR count). The summed E-state index contributed by atoms with van der Waals surface area (Å²) in [6, 6.07) is 3.85. The molecular weight excluding hydrogens is 224 g/mol. The van der Waals surface area contributed by atoms with Crippen molar-refractivity contribution in [1.29, 1.82) is 0 Å². The Labute approximate surface area is 101 Å². The molecule has 0 bridgehead atoms. The number of hydrogen-bond acceptors (Lipinski definition) is 2. The lowest BCUT2D eigenvalue weighted by atomic mass is 9.99. The van der Waals surface area contributed by atoms with Crippen molar-refractivity contribution < 1.29 is 13.5 Å². The van der Waals surface area contributed by atoms with Crippen LogP contribution in [0.25, 0.3) is 0 Å². The molecule has 0 heterocycles. The summed E-state index contributed by atoms with van der Waals surface area (Å²) < 4.78 is 31.5. The van der Waals surface area contributed by atoms with E-state index in [0.29, 0.717) is 5.56 Å². The van der Waals surface area contributed by atoms with Gasteiger partial charge in [0.05, 0.1) is 12.1 Å². The molecule has 4 heteroatoms. The molecule has 0 amide bonds. The Morgan fingerprint density at radius 3 is 2.41 bits per heavy atom. The number of methoxy groups -OCH3 is 1. The van der Waals surface area contributed by atoms with Crippen LogP contribution in [0.2, 0.25) is 0 Å². The Morgan fingerprint density at radius 2 is 1.94 bits per heavy atom. The zero-order valence-corrected chi connectivity index (χ0v) is 10.5. The second kappa shape index (κ2) is 6.67. The van der Waals surface area contributed by atoms with E-state index in [1.54, 1.807) is 13.2 Å². The second-order valence-corrected chi connectivity index (χ2v) is 3.89. The first-order chi connectivity index (χ1) is 8.13. The standard InChI is InChI=1S/C13H19F2NO/c1-4-12(17-3)13(16-5-2)9-6-7-10(14)11(15)8-9/h6-8,12-13,16H,4-5H2,1-3H3. The summed E-state index contributed by atoms with van der Waals surface area (Å²) in [5.41, 5.74) is 0.708. The van der Waals surface area contributed by atoms with Gasteiger partial charge in [-0.15, -0.1) is 0 Å². The lowest BCUT2D eigenvalue weighted by Crippen LogP contribution is -2.33. The van der Waals surface area contributed by atoms with E-state index in [-0.39, 0.29) is 12.1 Å².